The van der Waals surface area contributed by atoms with Crippen molar-refractivity contribution in [2.75, 3.05) is 26.2 Å². The number of hydrogen-bond acceptors (Lipinski definition) is 3. The quantitative estimate of drug-likeness (QED) is 0.253. The summed E-state index contributed by atoms with van der Waals surface area (Å²) in [6, 6.07) is 19.7. The van der Waals surface area contributed by atoms with Crippen LogP contribution < -0.4 is 10.6 Å². The third-order valence-electron chi connectivity index (χ3n) is 7.04. The number of aliphatic imine (C=N–C) groups is 1. The molecule has 1 saturated heterocycles. The first-order chi connectivity index (χ1) is 15.7. The van der Waals surface area contributed by atoms with Gasteiger partial charge in [-0.1, -0.05) is 61.0 Å². The number of aliphatic hydroxyl groups excluding tert-OH is 1. The molecule has 180 valence electrons. The minimum atomic E-state index is -0.113. The molecule has 4 rings (SSSR count). The number of halogens is 1. The van der Waals surface area contributed by atoms with Crippen molar-refractivity contribution >= 4 is 29.9 Å². The van der Waals surface area contributed by atoms with Crippen molar-refractivity contribution in [1.82, 2.24) is 15.5 Å². The molecule has 0 spiro atoms. The van der Waals surface area contributed by atoms with Crippen LogP contribution in [0, 0.1) is 0 Å². The standard InChI is InChI=1S/C27H38N4O.HI/c1-2-28-26(30-21-27(15-6-16-27)24-7-4-3-5-8-24)29-19-22-9-11-23(12-10-22)20-31-17-13-25(32)14-18-31;/h3-5,7-12,25,32H,2,6,13-21H2,1H3,(H2,28,29,30);1H. The van der Waals surface area contributed by atoms with Gasteiger partial charge in [-0.3, -0.25) is 4.90 Å². The van der Waals surface area contributed by atoms with Crippen molar-refractivity contribution in [1.29, 1.82) is 0 Å². The average Bonchev–Trinajstić information content (AvgIpc) is 2.80. The summed E-state index contributed by atoms with van der Waals surface area (Å²) in [5, 5.41) is 16.7. The molecule has 6 heteroatoms. The normalized spacial score (nSPS) is 18.8. The highest BCUT2D eigenvalue weighted by atomic mass is 127. The van der Waals surface area contributed by atoms with Crippen LogP contribution in [0.2, 0.25) is 0 Å². The Hall–Kier alpha value is -1.64. The smallest absolute Gasteiger partial charge is 0.191 e. The number of guanidine groups is 1. The number of likely N-dealkylation sites (tertiary alicyclic amines) is 1. The average molecular weight is 563 g/mol. The Labute approximate surface area is 216 Å². The summed E-state index contributed by atoms with van der Waals surface area (Å²) in [7, 11) is 0. The Bertz CT molecular complexity index is 859. The topological polar surface area (TPSA) is 59.9 Å². The van der Waals surface area contributed by atoms with Crippen molar-refractivity contribution in [3.63, 3.8) is 0 Å². The summed E-state index contributed by atoms with van der Waals surface area (Å²) < 4.78 is 0. The second-order valence-electron chi connectivity index (χ2n) is 9.37. The van der Waals surface area contributed by atoms with E-state index >= 15 is 0 Å². The number of hydrogen-bond donors (Lipinski definition) is 3. The van der Waals surface area contributed by atoms with E-state index in [0.29, 0.717) is 6.54 Å². The molecule has 0 aromatic heterocycles. The molecule has 0 radical (unpaired) electrons. The molecule has 1 aliphatic carbocycles. The summed E-state index contributed by atoms with van der Waals surface area (Å²) in [5.74, 6) is 0.894. The fourth-order valence-electron chi connectivity index (χ4n) is 4.81. The van der Waals surface area contributed by atoms with E-state index < -0.39 is 0 Å². The number of aliphatic hydroxyl groups is 1. The number of rotatable bonds is 8. The Morgan fingerprint density at radius 2 is 1.67 bits per heavy atom. The van der Waals surface area contributed by atoms with Crippen molar-refractivity contribution in [3.8, 4) is 0 Å². The first-order valence-electron chi connectivity index (χ1n) is 12.2. The van der Waals surface area contributed by atoms with Gasteiger partial charge in [-0.15, -0.1) is 24.0 Å². The summed E-state index contributed by atoms with van der Waals surface area (Å²) in [5.41, 5.74) is 4.23. The highest BCUT2D eigenvalue weighted by molar-refractivity contribution is 14.0. The molecule has 0 bridgehead atoms. The molecular weight excluding hydrogens is 523 g/mol. The minimum absolute atomic E-state index is 0. The second kappa shape index (κ2) is 12.7. The SMILES string of the molecule is CCNC(=NCc1ccc(CN2CCC(O)CC2)cc1)NCC1(c2ccccc2)CCC1.I. The summed E-state index contributed by atoms with van der Waals surface area (Å²) in [4.78, 5) is 7.28. The lowest BCUT2D eigenvalue weighted by Gasteiger charge is -2.43. The number of piperidine rings is 1. The maximum Gasteiger partial charge on any atom is 0.191 e. The number of nitrogens with one attached hydrogen (secondary N) is 2. The van der Waals surface area contributed by atoms with E-state index in [1.165, 1.54) is 36.0 Å². The number of nitrogens with zero attached hydrogens (tertiary/aromatic N) is 2. The zero-order chi connectivity index (χ0) is 22.2. The maximum absolute atomic E-state index is 9.68. The van der Waals surface area contributed by atoms with Gasteiger partial charge in [-0.2, -0.15) is 0 Å². The molecule has 33 heavy (non-hydrogen) atoms. The molecule has 0 atom stereocenters. The fourth-order valence-corrected chi connectivity index (χ4v) is 4.81. The van der Waals surface area contributed by atoms with E-state index in [1.54, 1.807) is 0 Å². The van der Waals surface area contributed by atoms with Crippen LogP contribution in [0.3, 0.4) is 0 Å². The largest absolute Gasteiger partial charge is 0.393 e. The lowest BCUT2D eigenvalue weighted by atomic mass is 9.64. The molecule has 2 fully saturated rings. The molecule has 1 saturated carbocycles. The van der Waals surface area contributed by atoms with Gasteiger partial charge in [0.2, 0.25) is 0 Å². The van der Waals surface area contributed by atoms with Crippen LogP contribution in [0.5, 0.6) is 0 Å². The molecule has 3 N–H and O–H groups in total. The Balaban J connectivity index is 0.00000306. The zero-order valence-corrected chi connectivity index (χ0v) is 22.1. The van der Waals surface area contributed by atoms with Crippen LogP contribution in [-0.4, -0.2) is 48.2 Å². The third-order valence-corrected chi connectivity index (χ3v) is 7.04. The molecule has 0 unspecified atom stereocenters. The third kappa shape index (κ3) is 7.17. The van der Waals surface area contributed by atoms with Crippen LogP contribution in [0.25, 0.3) is 0 Å². The van der Waals surface area contributed by atoms with Crippen LogP contribution in [0.1, 0.15) is 55.7 Å². The summed E-state index contributed by atoms with van der Waals surface area (Å²) in [6.07, 6.45) is 5.44. The Morgan fingerprint density at radius 3 is 2.27 bits per heavy atom. The second-order valence-corrected chi connectivity index (χ2v) is 9.37. The molecule has 1 aliphatic heterocycles. The van der Waals surface area contributed by atoms with Gasteiger partial charge in [-0.25, -0.2) is 4.99 Å². The first-order valence-corrected chi connectivity index (χ1v) is 12.2. The molecular formula is C27H39IN4O. The van der Waals surface area contributed by atoms with Crippen molar-refractivity contribution in [2.24, 2.45) is 4.99 Å². The van der Waals surface area contributed by atoms with Crippen LogP contribution in [-0.2, 0) is 18.5 Å². The monoisotopic (exact) mass is 562 g/mol. The van der Waals surface area contributed by atoms with Gasteiger partial charge in [-0.05, 0) is 49.3 Å². The predicted octanol–water partition coefficient (Wildman–Crippen LogP) is 4.44. The summed E-state index contributed by atoms with van der Waals surface area (Å²) >= 11 is 0. The van der Waals surface area contributed by atoms with Gasteiger partial charge in [0.05, 0.1) is 12.6 Å². The highest BCUT2D eigenvalue weighted by Crippen LogP contribution is 2.43. The van der Waals surface area contributed by atoms with E-state index in [0.717, 1.165) is 51.5 Å². The van der Waals surface area contributed by atoms with Crippen LogP contribution in [0.4, 0.5) is 0 Å². The van der Waals surface area contributed by atoms with Crippen molar-refractivity contribution in [2.45, 2.75) is 63.6 Å². The van der Waals surface area contributed by atoms with Gasteiger partial charge < -0.3 is 15.7 Å². The predicted molar refractivity (Wildman–Crippen MR) is 147 cm³/mol. The van der Waals surface area contributed by atoms with Gasteiger partial charge in [0.1, 0.15) is 0 Å². The van der Waals surface area contributed by atoms with E-state index in [1.807, 2.05) is 0 Å². The van der Waals surface area contributed by atoms with E-state index in [9.17, 15) is 5.11 Å². The number of benzene rings is 2. The van der Waals surface area contributed by atoms with E-state index in [-0.39, 0.29) is 35.5 Å². The van der Waals surface area contributed by atoms with Gasteiger partial charge >= 0.3 is 0 Å². The molecule has 2 aromatic rings. The lowest BCUT2D eigenvalue weighted by molar-refractivity contribution is 0.0792. The van der Waals surface area contributed by atoms with Crippen molar-refractivity contribution in [3.05, 3.63) is 71.3 Å². The van der Waals surface area contributed by atoms with E-state index in [4.69, 9.17) is 4.99 Å². The van der Waals surface area contributed by atoms with Gasteiger partial charge in [0.25, 0.3) is 0 Å². The highest BCUT2D eigenvalue weighted by Gasteiger charge is 2.38. The maximum atomic E-state index is 9.68. The van der Waals surface area contributed by atoms with Crippen molar-refractivity contribution < 1.29 is 5.11 Å². The van der Waals surface area contributed by atoms with Crippen LogP contribution in [0.15, 0.2) is 59.6 Å². The zero-order valence-electron chi connectivity index (χ0n) is 19.8. The molecule has 5 nitrogen and oxygen atoms in total. The molecule has 1 heterocycles. The minimum Gasteiger partial charge on any atom is -0.393 e. The van der Waals surface area contributed by atoms with E-state index in [2.05, 4.69) is 77.1 Å². The molecule has 0 amide bonds. The molecule has 2 aliphatic rings. The van der Waals surface area contributed by atoms with Gasteiger partial charge in [0.15, 0.2) is 5.96 Å². The van der Waals surface area contributed by atoms with Crippen LogP contribution >= 0.6 is 24.0 Å². The molecule has 2 aromatic carbocycles. The van der Waals surface area contributed by atoms with Gasteiger partial charge in [0, 0.05) is 38.1 Å². The Morgan fingerprint density at radius 1 is 1.00 bits per heavy atom. The summed E-state index contributed by atoms with van der Waals surface area (Å²) in [6.45, 7) is 7.48. The first kappa shape index (κ1) is 26.0. The Kier molecular flexibility index (Phi) is 10.0. The lowest BCUT2D eigenvalue weighted by Crippen LogP contribution is -2.48. The fraction of sp³-hybridized carbons (Fsp3) is 0.519.